The molecule has 0 amide bonds. The lowest BCUT2D eigenvalue weighted by molar-refractivity contribution is 0.0461. The zero-order chi connectivity index (χ0) is 35.4. The minimum Gasteiger partial charge on any atom is -0.507 e. The van der Waals surface area contributed by atoms with Crippen molar-refractivity contribution in [2.24, 2.45) is 14.1 Å². The SMILES string of the molecule is COc1cc(O)c2c(=O)c3cccc(O)c3n(C)c2c1C=C[C@@]1(C)COc2c(ccc3c(=O)c4c(O)cc5c(c4n(C)c23)C=CC(C)(C)O5)O1. The van der Waals surface area contributed by atoms with Gasteiger partial charge in [0.25, 0.3) is 0 Å². The maximum absolute atomic E-state index is 13.9. The molecule has 11 heteroatoms. The zero-order valence-electron chi connectivity index (χ0n) is 28.2. The van der Waals surface area contributed by atoms with E-state index in [1.807, 2.05) is 44.5 Å². The van der Waals surface area contributed by atoms with Crippen LogP contribution in [-0.2, 0) is 14.1 Å². The number of nitrogens with zero attached hydrogens (tertiary/aromatic N) is 2. The number of pyridine rings is 2. The highest BCUT2D eigenvalue weighted by Gasteiger charge is 2.34. The van der Waals surface area contributed by atoms with E-state index in [-0.39, 0.29) is 45.4 Å². The molecule has 2 aliphatic heterocycles. The van der Waals surface area contributed by atoms with Crippen LogP contribution in [0.1, 0.15) is 31.9 Å². The number of fused-ring (bicyclic) bond motifs is 8. The second-order valence-electron chi connectivity index (χ2n) is 13.6. The van der Waals surface area contributed by atoms with Gasteiger partial charge in [0.1, 0.15) is 41.0 Å². The normalized spacial score (nSPS) is 17.9. The van der Waals surface area contributed by atoms with Crippen molar-refractivity contribution < 1.29 is 34.3 Å². The summed E-state index contributed by atoms with van der Waals surface area (Å²) in [6.07, 6.45) is 7.34. The molecule has 0 unspecified atom stereocenters. The summed E-state index contributed by atoms with van der Waals surface area (Å²) in [6.45, 7) is 5.71. The number of ether oxygens (including phenoxy) is 4. The minimum absolute atomic E-state index is 0.0537. The molecule has 50 heavy (non-hydrogen) atoms. The van der Waals surface area contributed by atoms with E-state index in [4.69, 9.17) is 18.9 Å². The van der Waals surface area contributed by atoms with Crippen LogP contribution in [0.3, 0.4) is 0 Å². The van der Waals surface area contributed by atoms with E-state index in [2.05, 4.69) is 0 Å². The Kier molecular flexibility index (Phi) is 6.52. The van der Waals surface area contributed by atoms with Gasteiger partial charge in [0, 0.05) is 37.4 Å². The summed E-state index contributed by atoms with van der Waals surface area (Å²) in [4.78, 5) is 27.5. The third-order valence-electron chi connectivity index (χ3n) is 9.65. The molecule has 4 aromatic carbocycles. The Morgan fingerprint density at radius 2 is 1.48 bits per heavy atom. The second-order valence-corrected chi connectivity index (χ2v) is 13.6. The number of aromatic nitrogens is 2. The van der Waals surface area contributed by atoms with Crippen molar-refractivity contribution in [2.75, 3.05) is 13.7 Å². The molecule has 8 rings (SSSR count). The first-order chi connectivity index (χ1) is 23.7. The number of aromatic hydroxyl groups is 3. The number of para-hydroxylation sites is 1. The molecular weight excluding hydrogens is 640 g/mol. The van der Waals surface area contributed by atoms with Crippen molar-refractivity contribution in [3.8, 4) is 40.2 Å². The maximum Gasteiger partial charge on any atom is 0.201 e. The quantitative estimate of drug-likeness (QED) is 0.186. The summed E-state index contributed by atoms with van der Waals surface area (Å²) in [5.41, 5.74) is 0.454. The first-order valence-electron chi connectivity index (χ1n) is 16.0. The largest absolute Gasteiger partial charge is 0.507 e. The highest BCUT2D eigenvalue weighted by molar-refractivity contribution is 6.05. The Morgan fingerprint density at radius 3 is 2.22 bits per heavy atom. The topological polar surface area (TPSA) is 142 Å². The molecule has 1 atom stereocenters. The predicted octanol–water partition coefficient (Wildman–Crippen LogP) is 6.25. The van der Waals surface area contributed by atoms with E-state index in [1.165, 1.54) is 25.3 Å². The van der Waals surface area contributed by atoms with Gasteiger partial charge in [0.2, 0.25) is 10.9 Å². The van der Waals surface area contributed by atoms with Crippen molar-refractivity contribution in [3.63, 3.8) is 0 Å². The van der Waals surface area contributed by atoms with Gasteiger partial charge >= 0.3 is 0 Å². The second kappa shape index (κ2) is 10.4. The van der Waals surface area contributed by atoms with Gasteiger partial charge < -0.3 is 43.4 Å². The van der Waals surface area contributed by atoms with Crippen molar-refractivity contribution in [3.05, 3.63) is 86.2 Å². The Balaban J connectivity index is 1.27. The van der Waals surface area contributed by atoms with Crippen LogP contribution in [0.2, 0.25) is 0 Å². The number of hydrogen-bond donors (Lipinski definition) is 3. The molecule has 0 bridgehead atoms. The summed E-state index contributed by atoms with van der Waals surface area (Å²) in [7, 11) is 4.98. The third-order valence-corrected chi connectivity index (χ3v) is 9.65. The lowest BCUT2D eigenvalue weighted by atomic mass is 9.97. The van der Waals surface area contributed by atoms with Gasteiger partial charge in [0.15, 0.2) is 17.1 Å². The van der Waals surface area contributed by atoms with Crippen LogP contribution >= 0.6 is 0 Å². The first kappa shape index (κ1) is 31.2. The Morgan fingerprint density at radius 1 is 0.800 bits per heavy atom. The van der Waals surface area contributed by atoms with Crippen molar-refractivity contribution in [2.45, 2.75) is 32.0 Å². The highest BCUT2D eigenvalue weighted by Crippen LogP contribution is 2.45. The van der Waals surface area contributed by atoms with Gasteiger partial charge in [-0.2, -0.15) is 0 Å². The first-order valence-corrected chi connectivity index (χ1v) is 16.0. The lowest BCUT2D eigenvalue weighted by Gasteiger charge is -2.34. The molecule has 2 aromatic heterocycles. The zero-order valence-corrected chi connectivity index (χ0v) is 28.2. The van der Waals surface area contributed by atoms with Gasteiger partial charge in [-0.1, -0.05) is 6.07 Å². The van der Waals surface area contributed by atoms with E-state index >= 15 is 0 Å². The lowest BCUT2D eigenvalue weighted by Crippen LogP contribution is -2.40. The molecule has 0 aliphatic carbocycles. The predicted molar refractivity (Wildman–Crippen MR) is 192 cm³/mol. The Hall–Kier alpha value is -6.10. The molecule has 0 fully saturated rings. The molecule has 0 radical (unpaired) electrons. The number of phenolic OH excluding ortho intramolecular Hbond substituents is 3. The van der Waals surface area contributed by atoms with Gasteiger partial charge in [-0.05, 0) is 69.3 Å². The molecule has 0 saturated carbocycles. The van der Waals surface area contributed by atoms with Crippen LogP contribution in [0.15, 0.2) is 64.2 Å². The smallest absolute Gasteiger partial charge is 0.201 e. The van der Waals surface area contributed by atoms with Crippen LogP contribution in [0.25, 0.3) is 55.8 Å². The maximum atomic E-state index is 13.9. The van der Waals surface area contributed by atoms with Crippen molar-refractivity contribution in [1.29, 1.82) is 0 Å². The van der Waals surface area contributed by atoms with Crippen LogP contribution < -0.4 is 29.8 Å². The molecular formula is C39H34N2O9. The summed E-state index contributed by atoms with van der Waals surface area (Å²) in [6, 6.07) is 10.9. The Bertz CT molecular complexity index is 2680. The number of hydrogen-bond acceptors (Lipinski definition) is 9. The fraction of sp³-hybridized carbons (Fsp3) is 0.231. The molecule has 0 spiro atoms. The van der Waals surface area contributed by atoms with Crippen molar-refractivity contribution >= 4 is 55.8 Å². The number of benzene rings is 4. The highest BCUT2D eigenvalue weighted by atomic mass is 16.6. The standard InChI is InChI=1S/C39H34N2O9/c1-38(2)14-12-20-28(49-38)17-25(44)30-33(20)41(5)34-22(36(30)46)10-11-26-37(34)48-18-39(3,50-26)15-13-19-27(47-6)16-24(43)29-32(19)40(4)31-21(35(29)45)8-7-9-23(31)42/h7-17,42-44H,18H2,1-6H3/t39-/m0/s1. The number of phenols is 3. The van der Waals surface area contributed by atoms with Crippen LogP contribution in [0.5, 0.6) is 40.2 Å². The molecule has 11 nitrogen and oxygen atoms in total. The van der Waals surface area contributed by atoms with Gasteiger partial charge in [-0.15, -0.1) is 0 Å². The molecule has 254 valence electrons. The number of methoxy groups -OCH3 is 1. The van der Waals surface area contributed by atoms with Crippen LogP contribution in [-0.4, -0.2) is 49.4 Å². The van der Waals surface area contributed by atoms with Gasteiger partial charge in [0.05, 0.1) is 50.7 Å². The van der Waals surface area contributed by atoms with E-state index in [9.17, 15) is 24.9 Å². The average Bonchev–Trinajstić information content (AvgIpc) is 3.07. The van der Waals surface area contributed by atoms with E-state index < -0.39 is 16.6 Å². The third kappa shape index (κ3) is 4.35. The van der Waals surface area contributed by atoms with E-state index in [1.54, 1.807) is 48.0 Å². The molecule has 3 N–H and O–H groups in total. The van der Waals surface area contributed by atoms with Crippen LogP contribution in [0, 0.1) is 0 Å². The summed E-state index contributed by atoms with van der Waals surface area (Å²) in [5, 5.41) is 33.5. The fourth-order valence-corrected chi connectivity index (χ4v) is 7.30. The summed E-state index contributed by atoms with van der Waals surface area (Å²) in [5.74, 6) is 1.06. The fourth-order valence-electron chi connectivity index (χ4n) is 7.30. The van der Waals surface area contributed by atoms with Gasteiger partial charge in [-0.25, -0.2) is 0 Å². The summed E-state index contributed by atoms with van der Waals surface area (Å²) < 4.78 is 28.2. The summed E-state index contributed by atoms with van der Waals surface area (Å²) >= 11 is 0. The van der Waals surface area contributed by atoms with Crippen molar-refractivity contribution in [1.82, 2.24) is 9.13 Å². The Labute approximate surface area is 285 Å². The number of aryl methyl sites for hydroxylation is 2. The van der Waals surface area contributed by atoms with E-state index in [0.29, 0.717) is 61.6 Å². The number of rotatable bonds is 3. The average molecular weight is 675 g/mol. The molecule has 2 aliphatic rings. The molecule has 0 saturated heterocycles. The molecule has 6 aromatic rings. The van der Waals surface area contributed by atoms with Crippen LogP contribution in [0.4, 0.5) is 0 Å². The van der Waals surface area contributed by atoms with E-state index in [0.717, 1.165) is 0 Å². The monoisotopic (exact) mass is 674 g/mol. The minimum atomic E-state index is -1.02. The molecule has 4 heterocycles. The van der Waals surface area contributed by atoms with Gasteiger partial charge in [-0.3, -0.25) is 9.59 Å².